The SMILES string of the molecule is CCOc1ccccc1-c1nnc(SCc2csc(-c3ccc(C(C)C)cc3)n2)o1. The van der Waals surface area contributed by atoms with Crippen molar-refractivity contribution in [1.29, 1.82) is 0 Å². The number of rotatable bonds is 8. The van der Waals surface area contributed by atoms with Crippen LogP contribution in [0.3, 0.4) is 0 Å². The van der Waals surface area contributed by atoms with Crippen LogP contribution in [0.4, 0.5) is 0 Å². The van der Waals surface area contributed by atoms with Crippen molar-refractivity contribution in [3.8, 4) is 27.8 Å². The zero-order valence-corrected chi connectivity index (χ0v) is 18.8. The molecule has 0 aliphatic heterocycles. The predicted octanol–water partition coefficient (Wildman–Crippen LogP) is 6.67. The molecule has 4 aromatic rings. The van der Waals surface area contributed by atoms with Crippen LogP contribution in [0.25, 0.3) is 22.0 Å². The van der Waals surface area contributed by atoms with E-state index in [4.69, 9.17) is 14.1 Å². The molecule has 0 atom stereocenters. The van der Waals surface area contributed by atoms with E-state index in [2.05, 4.69) is 53.7 Å². The summed E-state index contributed by atoms with van der Waals surface area (Å²) >= 11 is 3.14. The minimum atomic E-state index is 0.464. The van der Waals surface area contributed by atoms with Gasteiger partial charge in [0.1, 0.15) is 10.8 Å². The molecule has 7 heteroatoms. The molecule has 0 bridgehead atoms. The Labute approximate surface area is 184 Å². The van der Waals surface area contributed by atoms with Crippen molar-refractivity contribution >= 4 is 23.1 Å². The summed E-state index contributed by atoms with van der Waals surface area (Å²) in [6, 6.07) is 16.3. The van der Waals surface area contributed by atoms with E-state index in [0.29, 0.717) is 29.4 Å². The van der Waals surface area contributed by atoms with Crippen LogP contribution in [-0.2, 0) is 5.75 Å². The van der Waals surface area contributed by atoms with Gasteiger partial charge in [0.15, 0.2) is 0 Å². The third-order valence-electron chi connectivity index (χ3n) is 4.54. The van der Waals surface area contributed by atoms with E-state index >= 15 is 0 Å². The molecule has 0 spiro atoms. The van der Waals surface area contributed by atoms with E-state index < -0.39 is 0 Å². The van der Waals surface area contributed by atoms with E-state index in [1.54, 1.807) is 11.3 Å². The van der Waals surface area contributed by atoms with Gasteiger partial charge in [0.25, 0.3) is 11.1 Å². The highest BCUT2D eigenvalue weighted by Crippen LogP contribution is 2.32. The first-order chi connectivity index (χ1) is 14.6. The maximum atomic E-state index is 5.84. The first-order valence-corrected chi connectivity index (χ1v) is 11.7. The fourth-order valence-electron chi connectivity index (χ4n) is 2.95. The lowest BCUT2D eigenvalue weighted by Gasteiger charge is -2.06. The summed E-state index contributed by atoms with van der Waals surface area (Å²) < 4.78 is 11.5. The molecule has 0 amide bonds. The fraction of sp³-hybridized carbons (Fsp3) is 0.261. The van der Waals surface area contributed by atoms with Crippen LogP contribution in [-0.4, -0.2) is 21.8 Å². The van der Waals surface area contributed by atoms with Gasteiger partial charge in [-0.1, -0.05) is 62.0 Å². The van der Waals surface area contributed by atoms with Gasteiger partial charge in [-0.25, -0.2) is 4.98 Å². The van der Waals surface area contributed by atoms with Crippen LogP contribution >= 0.6 is 23.1 Å². The standard InChI is InChI=1S/C23H23N3O2S2/c1-4-27-20-8-6-5-7-19(20)21-25-26-23(28-21)30-14-18-13-29-22(24-18)17-11-9-16(10-12-17)15(2)3/h5-13,15H,4,14H2,1-3H3. The average molecular weight is 438 g/mol. The normalized spacial score (nSPS) is 11.2. The second kappa shape index (κ2) is 9.45. The Morgan fingerprint density at radius 1 is 1.07 bits per heavy atom. The lowest BCUT2D eigenvalue weighted by Crippen LogP contribution is -1.93. The lowest BCUT2D eigenvalue weighted by molar-refractivity contribution is 0.340. The van der Waals surface area contributed by atoms with Gasteiger partial charge in [0, 0.05) is 16.7 Å². The molecular formula is C23H23N3O2S2. The lowest BCUT2D eigenvalue weighted by atomic mass is 10.0. The van der Waals surface area contributed by atoms with Crippen molar-refractivity contribution in [2.75, 3.05) is 6.61 Å². The van der Waals surface area contributed by atoms with Crippen molar-refractivity contribution in [2.24, 2.45) is 0 Å². The third kappa shape index (κ3) is 4.74. The van der Waals surface area contributed by atoms with Gasteiger partial charge in [-0.3, -0.25) is 0 Å². The van der Waals surface area contributed by atoms with E-state index in [1.165, 1.54) is 17.3 Å². The molecule has 2 heterocycles. The molecule has 30 heavy (non-hydrogen) atoms. The zero-order chi connectivity index (χ0) is 20.9. The topological polar surface area (TPSA) is 61.0 Å². The largest absolute Gasteiger partial charge is 0.493 e. The van der Waals surface area contributed by atoms with Crippen molar-refractivity contribution in [3.05, 3.63) is 65.2 Å². The average Bonchev–Trinajstić information content (AvgIpc) is 3.43. The molecule has 2 aromatic heterocycles. The predicted molar refractivity (Wildman–Crippen MR) is 122 cm³/mol. The Kier molecular flexibility index (Phi) is 6.50. The number of aromatic nitrogens is 3. The maximum absolute atomic E-state index is 5.84. The van der Waals surface area contributed by atoms with Crippen LogP contribution in [0.15, 0.2) is 63.6 Å². The Bertz CT molecular complexity index is 1100. The van der Waals surface area contributed by atoms with Crippen LogP contribution < -0.4 is 4.74 Å². The second-order valence-electron chi connectivity index (χ2n) is 7.01. The molecule has 0 saturated carbocycles. The highest BCUT2D eigenvalue weighted by atomic mass is 32.2. The number of thioether (sulfide) groups is 1. The van der Waals surface area contributed by atoms with Gasteiger partial charge in [-0.05, 0) is 30.5 Å². The highest BCUT2D eigenvalue weighted by Gasteiger charge is 2.14. The van der Waals surface area contributed by atoms with Crippen LogP contribution in [0.1, 0.15) is 37.9 Å². The number of ether oxygens (including phenoxy) is 1. The summed E-state index contributed by atoms with van der Waals surface area (Å²) in [4.78, 5) is 4.76. The third-order valence-corrected chi connectivity index (χ3v) is 6.34. The summed E-state index contributed by atoms with van der Waals surface area (Å²) in [5.41, 5.74) is 4.29. The summed E-state index contributed by atoms with van der Waals surface area (Å²) in [6.07, 6.45) is 0. The molecule has 0 N–H and O–H groups in total. The number of para-hydroxylation sites is 1. The highest BCUT2D eigenvalue weighted by molar-refractivity contribution is 7.98. The molecule has 154 valence electrons. The van der Waals surface area contributed by atoms with Crippen LogP contribution in [0.5, 0.6) is 5.75 Å². The molecule has 0 fully saturated rings. The minimum absolute atomic E-state index is 0.464. The smallest absolute Gasteiger partial charge is 0.277 e. The Hall–Kier alpha value is -2.64. The van der Waals surface area contributed by atoms with E-state index in [-0.39, 0.29) is 0 Å². The van der Waals surface area contributed by atoms with Crippen molar-refractivity contribution < 1.29 is 9.15 Å². The molecule has 0 radical (unpaired) electrons. The molecule has 0 aliphatic rings. The van der Waals surface area contributed by atoms with Crippen molar-refractivity contribution in [1.82, 2.24) is 15.2 Å². The summed E-state index contributed by atoms with van der Waals surface area (Å²) in [5, 5.41) is 12.0. The van der Waals surface area contributed by atoms with Gasteiger partial charge in [-0.15, -0.1) is 21.5 Å². The number of thiazole rings is 1. The quantitative estimate of drug-likeness (QED) is 0.287. The summed E-state index contributed by atoms with van der Waals surface area (Å²) in [6.45, 7) is 6.93. The number of benzene rings is 2. The molecule has 0 saturated heterocycles. The van der Waals surface area contributed by atoms with Gasteiger partial charge >= 0.3 is 0 Å². The minimum Gasteiger partial charge on any atom is -0.493 e. The van der Waals surface area contributed by atoms with E-state index in [1.807, 2.05) is 31.2 Å². The molecular weight excluding hydrogens is 414 g/mol. The van der Waals surface area contributed by atoms with E-state index in [9.17, 15) is 0 Å². The Morgan fingerprint density at radius 3 is 2.63 bits per heavy atom. The number of hydrogen-bond donors (Lipinski definition) is 0. The second-order valence-corrected chi connectivity index (χ2v) is 8.80. The van der Waals surface area contributed by atoms with Gasteiger partial charge in [-0.2, -0.15) is 0 Å². The van der Waals surface area contributed by atoms with Gasteiger partial charge in [0.05, 0.1) is 17.9 Å². The Morgan fingerprint density at radius 2 is 1.87 bits per heavy atom. The van der Waals surface area contributed by atoms with Crippen LogP contribution in [0.2, 0.25) is 0 Å². The monoisotopic (exact) mass is 437 g/mol. The van der Waals surface area contributed by atoms with E-state index in [0.717, 1.165) is 27.6 Å². The summed E-state index contributed by atoms with van der Waals surface area (Å²) in [7, 11) is 0. The van der Waals surface area contributed by atoms with Crippen molar-refractivity contribution in [2.45, 2.75) is 37.7 Å². The number of nitrogens with zero attached hydrogens (tertiary/aromatic N) is 3. The summed E-state index contributed by atoms with van der Waals surface area (Å²) in [5.74, 6) is 2.41. The molecule has 4 rings (SSSR count). The van der Waals surface area contributed by atoms with Gasteiger partial charge < -0.3 is 9.15 Å². The maximum Gasteiger partial charge on any atom is 0.277 e. The number of hydrogen-bond acceptors (Lipinski definition) is 7. The van der Waals surface area contributed by atoms with Crippen LogP contribution in [0, 0.1) is 0 Å². The molecule has 0 aliphatic carbocycles. The zero-order valence-electron chi connectivity index (χ0n) is 17.2. The first kappa shape index (κ1) is 20.6. The molecule has 5 nitrogen and oxygen atoms in total. The van der Waals surface area contributed by atoms with Gasteiger partial charge in [0.2, 0.25) is 0 Å². The molecule has 2 aromatic carbocycles. The Balaban J connectivity index is 1.42. The fourth-order valence-corrected chi connectivity index (χ4v) is 4.54. The van der Waals surface area contributed by atoms with Crippen molar-refractivity contribution in [3.63, 3.8) is 0 Å². The molecule has 0 unspecified atom stereocenters. The first-order valence-electron chi connectivity index (χ1n) is 9.87.